The molecule has 3 aromatic carbocycles. The Morgan fingerprint density at radius 2 is 1.29 bits per heavy atom. The first-order valence-corrected chi connectivity index (χ1v) is 9.81. The number of nitrogens with zero attached hydrogens (tertiary/aromatic N) is 1. The van der Waals surface area contributed by atoms with E-state index in [1.807, 2.05) is 23.1 Å². The number of para-hydroxylation sites is 1. The van der Waals surface area contributed by atoms with E-state index < -0.39 is 0 Å². The van der Waals surface area contributed by atoms with Crippen LogP contribution in [0.25, 0.3) is 10.2 Å². The first kappa shape index (κ1) is 14.3. The van der Waals surface area contributed by atoms with Crippen LogP contribution >= 0.6 is 23.1 Å². The largest absolute Gasteiger partial charge is 0.299 e. The predicted octanol–water partition coefficient (Wildman–Crippen LogP) is 5.63. The molecule has 0 saturated carbocycles. The number of benzene rings is 3. The zero-order valence-corrected chi connectivity index (χ0v) is 14.6. The van der Waals surface area contributed by atoms with Crippen LogP contribution in [-0.4, -0.2) is 0 Å². The minimum atomic E-state index is 0.338. The Balaban J connectivity index is 1.74. The lowest BCUT2D eigenvalue weighted by atomic mass is 9.98. The van der Waals surface area contributed by atoms with Crippen molar-refractivity contribution >= 4 is 33.3 Å². The number of thiazole rings is 1. The van der Waals surface area contributed by atoms with Gasteiger partial charge in [0.25, 0.3) is 4.34 Å². The molecule has 0 fully saturated rings. The van der Waals surface area contributed by atoms with Gasteiger partial charge in [0.15, 0.2) is 0 Å². The fraction of sp³-hybridized carbons (Fsp3) is 0.0952. The average molecular weight is 347 g/mol. The van der Waals surface area contributed by atoms with Crippen LogP contribution in [0.3, 0.4) is 0 Å². The summed E-state index contributed by atoms with van der Waals surface area (Å²) in [6.45, 7) is 0. The topological polar surface area (TPSA) is 3.88 Å². The maximum absolute atomic E-state index is 2.54. The monoisotopic (exact) mass is 346 g/mol. The molecule has 0 N–H and O–H groups in total. The van der Waals surface area contributed by atoms with E-state index >= 15 is 0 Å². The van der Waals surface area contributed by atoms with Crippen molar-refractivity contribution in [2.24, 2.45) is 0 Å². The van der Waals surface area contributed by atoms with Crippen LogP contribution in [0, 0.1) is 0 Å². The van der Waals surface area contributed by atoms with E-state index in [1.165, 1.54) is 25.7 Å². The fourth-order valence-corrected chi connectivity index (χ4v) is 6.44. The van der Waals surface area contributed by atoms with Crippen LogP contribution in [0.1, 0.15) is 22.4 Å². The van der Waals surface area contributed by atoms with Crippen molar-refractivity contribution in [2.75, 3.05) is 0 Å². The highest BCUT2D eigenvalue weighted by atomic mass is 32.2. The first-order valence-electron chi connectivity index (χ1n) is 8.11. The molecule has 0 bridgehead atoms. The standard InChI is InChI=1S/C21H16NS2/c1-3-9-15(10-4-1)19-20(16-11-5-2-6-12-16)24-21-22(19)17-13-7-8-14-18(17)23-21/h1-14,19-20H/q+1/t19-,20+/m0/s1. The van der Waals surface area contributed by atoms with E-state index in [4.69, 9.17) is 0 Å². The molecule has 1 aromatic heterocycles. The van der Waals surface area contributed by atoms with E-state index in [9.17, 15) is 0 Å². The van der Waals surface area contributed by atoms with Crippen LogP contribution in [-0.2, 0) is 0 Å². The predicted molar refractivity (Wildman–Crippen MR) is 102 cm³/mol. The highest BCUT2D eigenvalue weighted by molar-refractivity contribution is 8.01. The summed E-state index contributed by atoms with van der Waals surface area (Å²) in [5.41, 5.74) is 4.12. The van der Waals surface area contributed by atoms with Crippen LogP contribution in [0.5, 0.6) is 0 Å². The minimum absolute atomic E-state index is 0.338. The summed E-state index contributed by atoms with van der Waals surface area (Å²) >= 11 is 3.91. The molecule has 0 spiro atoms. The second kappa shape index (κ2) is 5.76. The molecule has 0 radical (unpaired) electrons. The van der Waals surface area contributed by atoms with Crippen molar-refractivity contribution in [3.05, 3.63) is 96.1 Å². The molecule has 1 aliphatic rings. The third kappa shape index (κ3) is 2.20. The summed E-state index contributed by atoms with van der Waals surface area (Å²) in [5, 5.41) is 0.421. The summed E-state index contributed by atoms with van der Waals surface area (Å²) in [7, 11) is 0. The van der Waals surface area contributed by atoms with Gasteiger partial charge in [0.05, 0.1) is 0 Å². The van der Waals surface area contributed by atoms with Gasteiger partial charge in [-0.1, -0.05) is 84.1 Å². The lowest BCUT2D eigenvalue weighted by molar-refractivity contribution is -0.712. The maximum atomic E-state index is 2.54. The van der Waals surface area contributed by atoms with Crippen molar-refractivity contribution in [2.45, 2.75) is 15.6 Å². The summed E-state index contributed by atoms with van der Waals surface area (Å²) in [6.07, 6.45) is 0. The highest BCUT2D eigenvalue weighted by Gasteiger charge is 2.46. The Labute approximate surface area is 149 Å². The van der Waals surface area contributed by atoms with Gasteiger partial charge in [0.1, 0.15) is 9.95 Å². The molecule has 4 aromatic rings. The number of fused-ring (bicyclic) bond motifs is 3. The molecule has 1 nitrogen and oxygen atoms in total. The number of rotatable bonds is 2. The number of hydrogen-bond donors (Lipinski definition) is 0. The van der Waals surface area contributed by atoms with E-state index in [0.29, 0.717) is 11.3 Å². The van der Waals surface area contributed by atoms with Crippen molar-refractivity contribution < 1.29 is 4.57 Å². The molecule has 0 unspecified atom stereocenters. The van der Waals surface area contributed by atoms with Crippen molar-refractivity contribution in [1.29, 1.82) is 0 Å². The van der Waals surface area contributed by atoms with E-state index in [2.05, 4.69) is 89.5 Å². The van der Waals surface area contributed by atoms with Gasteiger partial charge in [0, 0.05) is 11.6 Å². The fourth-order valence-electron chi connectivity index (χ4n) is 3.50. The number of hydrogen-bond acceptors (Lipinski definition) is 2. The van der Waals surface area contributed by atoms with E-state index in [-0.39, 0.29) is 0 Å². The van der Waals surface area contributed by atoms with Crippen LogP contribution in [0.4, 0.5) is 0 Å². The third-order valence-electron chi connectivity index (χ3n) is 4.58. The summed E-state index contributed by atoms with van der Waals surface area (Å²) in [5.74, 6) is 0. The number of thioether (sulfide) groups is 1. The lowest BCUT2D eigenvalue weighted by Gasteiger charge is -2.15. The summed E-state index contributed by atoms with van der Waals surface area (Å²) in [6, 6.07) is 30.9. The smallest absolute Gasteiger partial charge is 0.168 e. The van der Waals surface area contributed by atoms with Gasteiger partial charge in [-0.15, -0.1) is 0 Å². The summed E-state index contributed by atoms with van der Waals surface area (Å²) in [4.78, 5) is 0. The zero-order valence-electron chi connectivity index (χ0n) is 13.0. The van der Waals surface area contributed by atoms with Gasteiger partial charge < -0.3 is 0 Å². The molecule has 0 saturated heterocycles. The Morgan fingerprint density at radius 3 is 2.04 bits per heavy atom. The molecular formula is C21H16NS2+. The molecule has 0 amide bonds. The lowest BCUT2D eigenvalue weighted by Crippen LogP contribution is -2.38. The molecule has 2 heterocycles. The Kier molecular flexibility index (Phi) is 3.42. The molecule has 3 heteroatoms. The van der Waals surface area contributed by atoms with Gasteiger partial charge in [-0.25, -0.2) is 0 Å². The third-order valence-corrected chi connectivity index (χ3v) is 7.24. The van der Waals surface area contributed by atoms with Gasteiger partial charge in [-0.2, -0.15) is 4.57 Å². The second-order valence-electron chi connectivity index (χ2n) is 6.01. The van der Waals surface area contributed by atoms with Crippen molar-refractivity contribution in [3.8, 4) is 0 Å². The van der Waals surface area contributed by atoms with Crippen molar-refractivity contribution in [1.82, 2.24) is 0 Å². The van der Waals surface area contributed by atoms with Gasteiger partial charge in [0.2, 0.25) is 11.6 Å². The van der Waals surface area contributed by atoms with Crippen LogP contribution in [0.15, 0.2) is 89.3 Å². The number of aromatic nitrogens is 1. The van der Waals surface area contributed by atoms with Gasteiger partial charge in [-0.05, 0) is 23.4 Å². The summed E-state index contributed by atoms with van der Waals surface area (Å²) < 4.78 is 5.31. The van der Waals surface area contributed by atoms with Gasteiger partial charge in [-0.3, -0.25) is 0 Å². The first-order chi connectivity index (χ1) is 11.9. The molecule has 0 aliphatic carbocycles. The molecule has 24 heavy (non-hydrogen) atoms. The Bertz CT molecular complexity index is 992. The zero-order chi connectivity index (χ0) is 15.9. The van der Waals surface area contributed by atoms with Gasteiger partial charge >= 0.3 is 0 Å². The quantitative estimate of drug-likeness (QED) is 0.426. The van der Waals surface area contributed by atoms with Crippen LogP contribution in [0.2, 0.25) is 0 Å². The van der Waals surface area contributed by atoms with Crippen LogP contribution < -0.4 is 4.57 Å². The SMILES string of the molecule is c1ccc([C@H]2Sc3sc4ccccc4[n+]3[C@H]2c2ccccc2)cc1. The molecular weight excluding hydrogens is 330 g/mol. The van der Waals surface area contributed by atoms with E-state index in [0.717, 1.165) is 0 Å². The normalized spacial score (nSPS) is 19.5. The Morgan fingerprint density at radius 1 is 0.667 bits per heavy atom. The Hall–Kier alpha value is -2.10. The molecule has 1 aliphatic heterocycles. The highest BCUT2D eigenvalue weighted by Crippen LogP contribution is 2.51. The average Bonchev–Trinajstić information content (AvgIpc) is 3.19. The second-order valence-corrected chi connectivity index (χ2v) is 8.43. The molecule has 116 valence electrons. The maximum Gasteiger partial charge on any atom is 0.299 e. The van der Waals surface area contributed by atoms with E-state index in [1.54, 1.807) is 0 Å². The van der Waals surface area contributed by atoms with Crippen molar-refractivity contribution in [3.63, 3.8) is 0 Å². The molecule has 2 atom stereocenters. The minimum Gasteiger partial charge on any atom is -0.168 e. The molecule has 5 rings (SSSR count).